The van der Waals surface area contributed by atoms with Crippen LogP contribution in [0.3, 0.4) is 0 Å². The average molecular weight is 259 g/mol. The average Bonchev–Trinajstić information content (AvgIpc) is 3.10. The van der Waals surface area contributed by atoms with Crippen molar-refractivity contribution in [2.45, 2.75) is 31.5 Å². The van der Waals surface area contributed by atoms with Crippen molar-refractivity contribution in [3.05, 3.63) is 34.6 Å². The molecule has 2 unspecified atom stereocenters. The van der Waals surface area contributed by atoms with Crippen molar-refractivity contribution in [1.29, 1.82) is 0 Å². The van der Waals surface area contributed by atoms with Crippen molar-refractivity contribution in [1.82, 2.24) is 0 Å². The lowest BCUT2D eigenvalue weighted by Gasteiger charge is -2.21. The van der Waals surface area contributed by atoms with Gasteiger partial charge in [-0.1, -0.05) is 23.7 Å². The van der Waals surface area contributed by atoms with Gasteiger partial charge in [0.2, 0.25) is 0 Å². The van der Waals surface area contributed by atoms with E-state index in [1.54, 1.807) is 19.2 Å². The molecule has 0 bridgehead atoms. The zero-order chi connectivity index (χ0) is 12.4. The maximum atomic E-state index is 13.2. The molecule has 2 nitrogen and oxygen atoms in total. The number of halogens is 2. The van der Waals surface area contributed by atoms with Gasteiger partial charge >= 0.3 is 0 Å². The van der Waals surface area contributed by atoms with Crippen molar-refractivity contribution in [3.8, 4) is 0 Å². The first kappa shape index (κ1) is 12.8. The largest absolute Gasteiger partial charge is 0.390 e. The number of aliphatic hydroxyl groups is 1. The van der Waals surface area contributed by atoms with E-state index in [9.17, 15) is 9.50 Å². The first-order chi connectivity index (χ1) is 8.13. The third-order valence-electron chi connectivity index (χ3n) is 3.20. The lowest BCUT2D eigenvalue weighted by Crippen LogP contribution is -2.31. The Morgan fingerprint density at radius 3 is 2.82 bits per heavy atom. The van der Waals surface area contributed by atoms with Gasteiger partial charge in [-0.15, -0.1) is 0 Å². The maximum Gasteiger partial charge on any atom is 0.142 e. The smallest absolute Gasteiger partial charge is 0.142 e. The molecule has 2 atom stereocenters. The van der Waals surface area contributed by atoms with Crippen LogP contribution in [-0.4, -0.2) is 24.4 Å². The minimum absolute atomic E-state index is 0.0946. The van der Waals surface area contributed by atoms with Crippen molar-refractivity contribution in [2.75, 3.05) is 7.11 Å². The molecule has 2 rings (SSSR count). The summed E-state index contributed by atoms with van der Waals surface area (Å²) in [7, 11) is 1.60. The Morgan fingerprint density at radius 2 is 2.24 bits per heavy atom. The summed E-state index contributed by atoms with van der Waals surface area (Å²) in [6.07, 6.45) is 1.70. The summed E-state index contributed by atoms with van der Waals surface area (Å²) >= 11 is 5.85. The summed E-state index contributed by atoms with van der Waals surface area (Å²) in [5.74, 6) is -0.0147. The highest BCUT2D eigenvalue weighted by molar-refractivity contribution is 6.31. The molecule has 0 heterocycles. The SMILES string of the molecule is COC(C(O)Cc1cccc(F)c1Cl)C1CC1. The molecule has 0 amide bonds. The van der Waals surface area contributed by atoms with Gasteiger partial charge in [-0.2, -0.15) is 0 Å². The summed E-state index contributed by atoms with van der Waals surface area (Å²) in [5.41, 5.74) is 0.627. The van der Waals surface area contributed by atoms with Gasteiger partial charge in [0.05, 0.1) is 17.2 Å². The van der Waals surface area contributed by atoms with E-state index < -0.39 is 11.9 Å². The van der Waals surface area contributed by atoms with Gasteiger partial charge < -0.3 is 9.84 Å². The molecule has 0 radical (unpaired) electrons. The van der Waals surface area contributed by atoms with Gasteiger partial charge in [0.25, 0.3) is 0 Å². The molecule has 0 aliphatic heterocycles. The molecule has 1 aromatic carbocycles. The molecule has 4 heteroatoms. The molecule has 1 fully saturated rings. The molecule has 0 spiro atoms. The first-order valence-electron chi connectivity index (χ1n) is 5.77. The Bertz CT molecular complexity index is 393. The second-order valence-electron chi connectivity index (χ2n) is 4.52. The van der Waals surface area contributed by atoms with Gasteiger partial charge in [-0.05, 0) is 30.4 Å². The van der Waals surface area contributed by atoms with Crippen LogP contribution in [0.25, 0.3) is 0 Å². The fourth-order valence-corrected chi connectivity index (χ4v) is 2.34. The van der Waals surface area contributed by atoms with Crippen LogP contribution < -0.4 is 0 Å². The maximum absolute atomic E-state index is 13.2. The van der Waals surface area contributed by atoms with E-state index in [0.29, 0.717) is 17.9 Å². The number of methoxy groups -OCH3 is 1. The van der Waals surface area contributed by atoms with Gasteiger partial charge in [0.15, 0.2) is 0 Å². The summed E-state index contributed by atoms with van der Waals surface area (Å²) in [6, 6.07) is 4.64. The van der Waals surface area contributed by atoms with Gasteiger partial charge in [-0.25, -0.2) is 4.39 Å². The molecular weight excluding hydrogens is 243 g/mol. The van der Waals surface area contributed by atoms with Gasteiger partial charge in [0, 0.05) is 13.5 Å². The Morgan fingerprint density at radius 1 is 1.53 bits per heavy atom. The number of rotatable bonds is 5. The van der Waals surface area contributed by atoms with Crippen LogP contribution in [0.2, 0.25) is 5.02 Å². The van der Waals surface area contributed by atoms with Crippen molar-refractivity contribution >= 4 is 11.6 Å². The summed E-state index contributed by atoms with van der Waals surface area (Å²) in [4.78, 5) is 0. The molecule has 0 saturated heterocycles. The highest BCUT2D eigenvalue weighted by atomic mass is 35.5. The summed E-state index contributed by atoms with van der Waals surface area (Å²) in [5, 5.41) is 10.2. The van der Waals surface area contributed by atoms with Crippen LogP contribution in [0.1, 0.15) is 18.4 Å². The zero-order valence-corrected chi connectivity index (χ0v) is 10.5. The fraction of sp³-hybridized carbons (Fsp3) is 0.538. The topological polar surface area (TPSA) is 29.5 Å². The lowest BCUT2D eigenvalue weighted by atomic mass is 10.0. The van der Waals surface area contributed by atoms with E-state index in [2.05, 4.69) is 0 Å². The lowest BCUT2D eigenvalue weighted by molar-refractivity contribution is -0.0237. The molecule has 1 aliphatic rings. The molecule has 17 heavy (non-hydrogen) atoms. The highest BCUT2D eigenvalue weighted by Crippen LogP contribution is 2.36. The van der Waals surface area contributed by atoms with E-state index in [0.717, 1.165) is 12.8 Å². The molecular formula is C13H16ClFO2. The van der Waals surface area contributed by atoms with E-state index in [4.69, 9.17) is 16.3 Å². The minimum atomic E-state index is -0.633. The van der Waals surface area contributed by atoms with Crippen LogP contribution in [0.15, 0.2) is 18.2 Å². The third kappa shape index (κ3) is 2.97. The van der Waals surface area contributed by atoms with Crippen molar-refractivity contribution < 1.29 is 14.2 Å². The van der Waals surface area contributed by atoms with E-state index >= 15 is 0 Å². The highest BCUT2D eigenvalue weighted by Gasteiger charge is 2.36. The Kier molecular flexibility index (Phi) is 4.02. The summed E-state index contributed by atoms with van der Waals surface area (Å²) in [6.45, 7) is 0. The number of benzene rings is 1. The molecule has 1 aliphatic carbocycles. The Labute approximate surface area is 105 Å². The quantitative estimate of drug-likeness (QED) is 0.880. The van der Waals surface area contributed by atoms with Crippen LogP contribution >= 0.6 is 11.6 Å². The number of hydrogen-bond acceptors (Lipinski definition) is 2. The van der Waals surface area contributed by atoms with E-state index in [1.165, 1.54) is 6.07 Å². The molecule has 94 valence electrons. The number of ether oxygens (including phenoxy) is 1. The van der Waals surface area contributed by atoms with E-state index in [-0.39, 0.29) is 11.1 Å². The number of hydrogen-bond donors (Lipinski definition) is 1. The van der Waals surface area contributed by atoms with Crippen LogP contribution in [0.4, 0.5) is 4.39 Å². The molecule has 1 N–H and O–H groups in total. The zero-order valence-electron chi connectivity index (χ0n) is 9.70. The molecule has 1 saturated carbocycles. The Hall–Kier alpha value is -0.640. The van der Waals surface area contributed by atoms with Crippen LogP contribution in [0.5, 0.6) is 0 Å². The van der Waals surface area contributed by atoms with Crippen molar-refractivity contribution in [2.24, 2.45) is 5.92 Å². The minimum Gasteiger partial charge on any atom is -0.390 e. The number of aliphatic hydroxyl groups excluding tert-OH is 1. The molecule has 0 aromatic heterocycles. The van der Waals surface area contributed by atoms with Gasteiger partial charge in [0.1, 0.15) is 5.82 Å². The van der Waals surface area contributed by atoms with Crippen LogP contribution in [0, 0.1) is 11.7 Å². The second kappa shape index (κ2) is 5.34. The molecule has 1 aromatic rings. The van der Waals surface area contributed by atoms with Gasteiger partial charge in [-0.3, -0.25) is 0 Å². The van der Waals surface area contributed by atoms with Crippen LogP contribution in [-0.2, 0) is 11.2 Å². The summed E-state index contributed by atoms with van der Waals surface area (Å²) < 4.78 is 18.5. The Balaban J connectivity index is 2.06. The standard InChI is InChI=1S/C13H16ClFO2/c1-17-13(8-5-6-8)11(16)7-9-3-2-4-10(15)12(9)14/h2-4,8,11,13,16H,5-7H2,1H3. The van der Waals surface area contributed by atoms with E-state index in [1.807, 2.05) is 0 Å². The van der Waals surface area contributed by atoms with Crippen molar-refractivity contribution in [3.63, 3.8) is 0 Å². The second-order valence-corrected chi connectivity index (χ2v) is 4.90. The normalized spacial score (nSPS) is 19.1. The fourth-order valence-electron chi connectivity index (χ4n) is 2.14. The first-order valence-corrected chi connectivity index (χ1v) is 6.15. The monoisotopic (exact) mass is 258 g/mol. The predicted molar refractivity (Wildman–Crippen MR) is 64.6 cm³/mol. The third-order valence-corrected chi connectivity index (χ3v) is 3.62. The predicted octanol–water partition coefficient (Wildman–Crippen LogP) is 2.81.